The lowest BCUT2D eigenvalue weighted by Crippen LogP contribution is -2.50. The van der Waals surface area contributed by atoms with Crippen molar-refractivity contribution in [2.24, 2.45) is 5.92 Å². The number of alkyl carbamates (subject to hydrolysis) is 1. The van der Waals surface area contributed by atoms with E-state index in [4.69, 9.17) is 9.47 Å². The van der Waals surface area contributed by atoms with E-state index in [0.29, 0.717) is 25.4 Å². The lowest BCUT2D eigenvalue weighted by atomic mass is 9.96. The number of anilines is 1. The third-order valence-electron chi connectivity index (χ3n) is 5.28. The minimum absolute atomic E-state index is 0.0650. The average Bonchev–Trinajstić information content (AvgIpc) is 2.76. The first-order valence-corrected chi connectivity index (χ1v) is 11.6. The first kappa shape index (κ1) is 26.4. The minimum Gasteiger partial charge on any atom is -0.494 e. The highest BCUT2D eigenvalue weighted by molar-refractivity contribution is 5.94. The van der Waals surface area contributed by atoms with Gasteiger partial charge in [0.2, 0.25) is 11.8 Å². The third kappa shape index (κ3) is 9.29. The Morgan fingerprint density at radius 3 is 2.42 bits per heavy atom. The topological polar surface area (TPSA) is 109 Å². The Kier molecular flexibility index (Phi) is 9.96. The van der Waals surface area contributed by atoms with Crippen LogP contribution in [-0.2, 0) is 14.3 Å². The molecule has 0 aromatic heterocycles. The standard InChI is InChI=1S/C24H38N4O5/c1-6-32-20-11-9-19(10-12-20)27-21(29)17(2)28-15-7-8-18(16-28)22(30)25-13-14-26-23(31)33-24(3,4)5/h9-12,17-18H,6-8,13-16H2,1-5H3,(H,25,30)(H,26,31)(H,27,29). The molecule has 3 N–H and O–H groups in total. The Labute approximate surface area is 196 Å². The maximum atomic E-state index is 12.7. The number of hydrogen-bond acceptors (Lipinski definition) is 6. The van der Waals surface area contributed by atoms with Crippen molar-refractivity contribution in [1.82, 2.24) is 15.5 Å². The number of carbonyl (C=O) groups excluding carboxylic acids is 3. The molecule has 0 spiro atoms. The molecular weight excluding hydrogens is 424 g/mol. The predicted molar refractivity (Wildman–Crippen MR) is 127 cm³/mol. The number of piperidine rings is 1. The van der Waals surface area contributed by atoms with Crippen LogP contribution in [0.25, 0.3) is 0 Å². The van der Waals surface area contributed by atoms with E-state index in [9.17, 15) is 14.4 Å². The second-order valence-electron chi connectivity index (χ2n) is 9.18. The van der Waals surface area contributed by atoms with Gasteiger partial charge in [0.05, 0.1) is 18.6 Å². The highest BCUT2D eigenvalue weighted by Crippen LogP contribution is 2.20. The Hall–Kier alpha value is -2.81. The Bertz CT molecular complexity index is 791. The smallest absolute Gasteiger partial charge is 0.407 e. The third-order valence-corrected chi connectivity index (χ3v) is 5.28. The zero-order chi connectivity index (χ0) is 24.4. The summed E-state index contributed by atoms with van der Waals surface area (Å²) in [5, 5.41) is 8.42. The van der Waals surface area contributed by atoms with Crippen molar-refractivity contribution in [1.29, 1.82) is 0 Å². The minimum atomic E-state index is -0.561. The van der Waals surface area contributed by atoms with Crippen molar-refractivity contribution in [2.75, 3.05) is 38.1 Å². The van der Waals surface area contributed by atoms with E-state index >= 15 is 0 Å². The van der Waals surface area contributed by atoms with Gasteiger partial charge in [-0.3, -0.25) is 14.5 Å². The fourth-order valence-electron chi connectivity index (χ4n) is 3.59. The maximum absolute atomic E-state index is 12.7. The molecule has 0 aliphatic carbocycles. The summed E-state index contributed by atoms with van der Waals surface area (Å²) in [6.45, 7) is 11.6. The summed E-state index contributed by atoms with van der Waals surface area (Å²) in [5.41, 5.74) is 0.147. The molecule has 2 atom stereocenters. The molecule has 2 rings (SSSR count). The fourth-order valence-corrected chi connectivity index (χ4v) is 3.59. The normalized spacial score (nSPS) is 17.5. The summed E-state index contributed by atoms with van der Waals surface area (Å²) in [4.78, 5) is 39.0. The molecule has 1 saturated heterocycles. The summed E-state index contributed by atoms with van der Waals surface area (Å²) >= 11 is 0. The second-order valence-corrected chi connectivity index (χ2v) is 9.18. The summed E-state index contributed by atoms with van der Waals surface area (Å²) < 4.78 is 10.6. The van der Waals surface area contributed by atoms with Crippen LogP contribution in [0, 0.1) is 5.92 Å². The van der Waals surface area contributed by atoms with Gasteiger partial charge in [0.25, 0.3) is 0 Å². The van der Waals surface area contributed by atoms with E-state index in [1.807, 2.05) is 43.0 Å². The first-order chi connectivity index (χ1) is 15.6. The van der Waals surface area contributed by atoms with Crippen LogP contribution in [-0.4, -0.2) is 67.2 Å². The molecule has 33 heavy (non-hydrogen) atoms. The van der Waals surface area contributed by atoms with Crippen molar-refractivity contribution in [3.63, 3.8) is 0 Å². The zero-order valence-electron chi connectivity index (χ0n) is 20.4. The van der Waals surface area contributed by atoms with E-state index in [2.05, 4.69) is 16.0 Å². The van der Waals surface area contributed by atoms with Gasteiger partial charge in [-0.25, -0.2) is 4.79 Å². The van der Waals surface area contributed by atoms with Gasteiger partial charge < -0.3 is 25.4 Å². The van der Waals surface area contributed by atoms with Crippen LogP contribution in [0.5, 0.6) is 5.75 Å². The average molecular weight is 463 g/mol. The zero-order valence-corrected chi connectivity index (χ0v) is 20.4. The molecule has 2 unspecified atom stereocenters. The van der Waals surface area contributed by atoms with Gasteiger partial charge in [-0.2, -0.15) is 0 Å². The van der Waals surface area contributed by atoms with Gasteiger partial charge in [0.15, 0.2) is 0 Å². The summed E-state index contributed by atoms with van der Waals surface area (Å²) in [6.07, 6.45) is 1.11. The quantitative estimate of drug-likeness (QED) is 0.487. The molecule has 1 fully saturated rings. The maximum Gasteiger partial charge on any atom is 0.407 e. The molecule has 0 saturated carbocycles. The van der Waals surface area contributed by atoms with Gasteiger partial charge in [-0.05, 0) is 78.3 Å². The number of nitrogens with one attached hydrogen (secondary N) is 3. The molecule has 1 heterocycles. The summed E-state index contributed by atoms with van der Waals surface area (Å²) in [5.74, 6) is 0.391. The van der Waals surface area contributed by atoms with Crippen molar-refractivity contribution >= 4 is 23.6 Å². The molecule has 1 aromatic carbocycles. The highest BCUT2D eigenvalue weighted by Gasteiger charge is 2.30. The highest BCUT2D eigenvalue weighted by atomic mass is 16.6. The number of hydrogen-bond donors (Lipinski definition) is 3. The van der Waals surface area contributed by atoms with Crippen LogP contribution in [0.15, 0.2) is 24.3 Å². The molecule has 1 aliphatic heterocycles. The fraction of sp³-hybridized carbons (Fsp3) is 0.625. The van der Waals surface area contributed by atoms with Crippen LogP contribution in [0.4, 0.5) is 10.5 Å². The van der Waals surface area contributed by atoms with Crippen LogP contribution in [0.3, 0.4) is 0 Å². The largest absolute Gasteiger partial charge is 0.494 e. The molecule has 0 bridgehead atoms. The van der Waals surface area contributed by atoms with Crippen molar-refractivity contribution in [3.05, 3.63) is 24.3 Å². The first-order valence-electron chi connectivity index (χ1n) is 11.6. The Balaban J connectivity index is 1.76. The molecule has 3 amide bonds. The van der Waals surface area contributed by atoms with Crippen LogP contribution < -0.4 is 20.7 Å². The number of ether oxygens (including phenoxy) is 2. The monoisotopic (exact) mass is 462 g/mol. The van der Waals surface area contributed by atoms with Gasteiger partial charge in [0.1, 0.15) is 11.4 Å². The van der Waals surface area contributed by atoms with E-state index in [-0.39, 0.29) is 30.3 Å². The summed E-state index contributed by atoms with van der Waals surface area (Å²) in [7, 11) is 0. The van der Waals surface area contributed by atoms with E-state index < -0.39 is 11.7 Å². The molecule has 184 valence electrons. The van der Waals surface area contributed by atoms with Crippen molar-refractivity contribution in [3.8, 4) is 5.75 Å². The van der Waals surface area contributed by atoms with E-state index in [1.165, 1.54) is 0 Å². The lowest BCUT2D eigenvalue weighted by Gasteiger charge is -2.35. The van der Waals surface area contributed by atoms with Crippen LogP contribution >= 0.6 is 0 Å². The number of nitrogens with zero attached hydrogens (tertiary/aromatic N) is 1. The predicted octanol–water partition coefficient (Wildman–Crippen LogP) is 2.77. The summed E-state index contributed by atoms with van der Waals surface area (Å²) in [6, 6.07) is 6.91. The SMILES string of the molecule is CCOc1ccc(NC(=O)C(C)N2CCCC(C(=O)NCCNC(=O)OC(C)(C)C)C2)cc1. The number of carbonyl (C=O) groups is 3. The second kappa shape index (κ2) is 12.4. The van der Waals surface area contributed by atoms with Gasteiger partial charge >= 0.3 is 6.09 Å². The van der Waals surface area contributed by atoms with Gasteiger partial charge in [0, 0.05) is 25.3 Å². The Morgan fingerprint density at radius 2 is 1.79 bits per heavy atom. The molecule has 9 heteroatoms. The van der Waals surface area contributed by atoms with Crippen molar-refractivity contribution < 1.29 is 23.9 Å². The van der Waals surface area contributed by atoms with Crippen molar-refractivity contribution in [2.45, 2.75) is 59.1 Å². The molecule has 9 nitrogen and oxygen atoms in total. The molecule has 1 aromatic rings. The van der Waals surface area contributed by atoms with Gasteiger partial charge in [-0.15, -0.1) is 0 Å². The molecule has 1 aliphatic rings. The van der Waals surface area contributed by atoms with E-state index in [1.54, 1.807) is 20.8 Å². The Morgan fingerprint density at radius 1 is 1.12 bits per heavy atom. The number of amides is 3. The lowest BCUT2D eigenvalue weighted by molar-refractivity contribution is -0.129. The number of benzene rings is 1. The van der Waals surface area contributed by atoms with Gasteiger partial charge in [-0.1, -0.05) is 0 Å². The number of rotatable bonds is 9. The molecule has 0 radical (unpaired) electrons. The van der Waals surface area contributed by atoms with Crippen LogP contribution in [0.2, 0.25) is 0 Å². The molecular formula is C24H38N4O5. The van der Waals surface area contributed by atoms with Crippen LogP contribution in [0.1, 0.15) is 47.5 Å². The number of likely N-dealkylation sites (tertiary alicyclic amines) is 1. The van der Waals surface area contributed by atoms with E-state index in [0.717, 1.165) is 25.1 Å².